The molecule has 0 unspecified atom stereocenters. The molecule has 2 rings (SSSR count). The molecule has 1 aromatic carbocycles. The van der Waals surface area contributed by atoms with Gasteiger partial charge in [0.1, 0.15) is 11.9 Å². The highest BCUT2D eigenvalue weighted by atomic mass is 32.2. The van der Waals surface area contributed by atoms with E-state index in [0.29, 0.717) is 18.4 Å². The van der Waals surface area contributed by atoms with Crippen molar-refractivity contribution in [2.24, 2.45) is 5.41 Å². The highest BCUT2D eigenvalue weighted by molar-refractivity contribution is 7.85. The molecule has 0 aliphatic heterocycles. The van der Waals surface area contributed by atoms with E-state index in [9.17, 15) is 13.2 Å². The van der Waals surface area contributed by atoms with Gasteiger partial charge in [0, 0.05) is 12.8 Å². The second-order valence-corrected chi connectivity index (χ2v) is 8.25. The topological polar surface area (TPSA) is 69.7 Å². The molecule has 0 saturated heterocycles. The van der Waals surface area contributed by atoms with E-state index in [0.717, 1.165) is 0 Å². The van der Waals surface area contributed by atoms with E-state index in [1.165, 1.54) is 0 Å². The normalized spacial score (nSPS) is 22.0. The van der Waals surface area contributed by atoms with Crippen molar-refractivity contribution in [3.63, 3.8) is 0 Å². The average Bonchev–Trinajstić information content (AvgIpc) is 2.35. The zero-order chi connectivity index (χ0) is 16.4. The van der Waals surface area contributed by atoms with Crippen molar-refractivity contribution in [2.75, 3.05) is 0 Å². The van der Waals surface area contributed by atoms with Crippen LogP contribution in [0.25, 0.3) is 0 Å². The lowest BCUT2D eigenvalue weighted by atomic mass is 9.91. The predicted octanol–water partition coefficient (Wildman–Crippen LogP) is 2.65. The zero-order valence-electron chi connectivity index (χ0n) is 13.1. The van der Waals surface area contributed by atoms with Crippen LogP contribution in [0.1, 0.15) is 39.2 Å². The Bertz CT molecular complexity index is 610. The number of rotatable bonds is 5. The van der Waals surface area contributed by atoms with Gasteiger partial charge in [0.2, 0.25) is 0 Å². The molecule has 1 saturated carbocycles. The molecular formula is C16H22O5S. The van der Waals surface area contributed by atoms with Gasteiger partial charge in [-0.2, -0.15) is 8.42 Å². The van der Waals surface area contributed by atoms with Gasteiger partial charge in [0.15, 0.2) is 0 Å². The van der Waals surface area contributed by atoms with Crippen molar-refractivity contribution in [3.05, 3.63) is 35.9 Å². The maximum absolute atomic E-state index is 12.0. The molecule has 0 radical (unpaired) electrons. The van der Waals surface area contributed by atoms with Gasteiger partial charge in [-0.15, -0.1) is 0 Å². The van der Waals surface area contributed by atoms with Crippen LogP contribution in [0.5, 0.6) is 0 Å². The Balaban J connectivity index is 1.78. The van der Waals surface area contributed by atoms with Gasteiger partial charge in [-0.25, -0.2) is 0 Å². The SMILES string of the molecule is CC(C)(C)C(=O)OC1CC(OS(=O)(=O)Cc2ccccc2)C1. The summed E-state index contributed by atoms with van der Waals surface area (Å²) in [7, 11) is -3.62. The van der Waals surface area contributed by atoms with Crippen molar-refractivity contribution in [2.45, 2.75) is 51.6 Å². The molecule has 122 valence electrons. The number of carbonyl (C=O) groups is 1. The van der Waals surface area contributed by atoms with E-state index in [1.54, 1.807) is 45.0 Å². The molecule has 0 spiro atoms. The fraction of sp³-hybridized carbons (Fsp3) is 0.562. The average molecular weight is 326 g/mol. The van der Waals surface area contributed by atoms with E-state index < -0.39 is 21.6 Å². The molecular weight excluding hydrogens is 304 g/mol. The second kappa shape index (κ2) is 6.38. The molecule has 0 atom stereocenters. The van der Waals surface area contributed by atoms with Gasteiger partial charge in [0.05, 0.1) is 11.5 Å². The van der Waals surface area contributed by atoms with Gasteiger partial charge >= 0.3 is 5.97 Å². The van der Waals surface area contributed by atoms with Gasteiger partial charge in [-0.1, -0.05) is 30.3 Å². The number of benzene rings is 1. The maximum atomic E-state index is 12.0. The molecule has 5 nitrogen and oxygen atoms in total. The summed E-state index contributed by atoms with van der Waals surface area (Å²) in [6.07, 6.45) is 0.209. The number of esters is 1. The summed E-state index contributed by atoms with van der Waals surface area (Å²) in [4.78, 5) is 11.7. The Morgan fingerprint density at radius 2 is 1.73 bits per heavy atom. The molecule has 0 bridgehead atoms. The first kappa shape index (κ1) is 17.0. The van der Waals surface area contributed by atoms with Crippen LogP contribution < -0.4 is 0 Å². The molecule has 1 aliphatic rings. The van der Waals surface area contributed by atoms with Crippen molar-refractivity contribution in [3.8, 4) is 0 Å². The molecule has 6 heteroatoms. The predicted molar refractivity (Wildman–Crippen MR) is 82.5 cm³/mol. The smallest absolute Gasteiger partial charge is 0.311 e. The van der Waals surface area contributed by atoms with Gasteiger partial charge in [-0.05, 0) is 26.3 Å². The highest BCUT2D eigenvalue weighted by Crippen LogP contribution is 2.30. The second-order valence-electron chi connectivity index (χ2n) is 6.65. The molecule has 1 aliphatic carbocycles. The van der Waals surface area contributed by atoms with Crippen LogP contribution >= 0.6 is 0 Å². The fourth-order valence-electron chi connectivity index (χ4n) is 2.04. The number of ether oxygens (including phenoxy) is 1. The Hall–Kier alpha value is -1.40. The summed E-state index contributed by atoms with van der Waals surface area (Å²) in [6.45, 7) is 5.35. The number of hydrogen-bond donors (Lipinski definition) is 0. The summed E-state index contributed by atoms with van der Waals surface area (Å²) in [6, 6.07) is 8.90. The third kappa shape index (κ3) is 4.81. The van der Waals surface area contributed by atoms with Crippen molar-refractivity contribution in [1.82, 2.24) is 0 Å². The number of carbonyl (C=O) groups excluding carboxylic acids is 1. The van der Waals surface area contributed by atoms with Crippen LogP contribution in [-0.2, 0) is 29.6 Å². The van der Waals surface area contributed by atoms with E-state index in [2.05, 4.69) is 0 Å². The van der Waals surface area contributed by atoms with E-state index in [-0.39, 0.29) is 17.8 Å². The van der Waals surface area contributed by atoms with Gasteiger partial charge < -0.3 is 4.74 Å². The van der Waals surface area contributed by atoms with Gasteiger partial charge in [-0.3, -0.25) is 8.98 Å². The minimum Gasteiger partial charge on any atom is -0.462 e. The lowest BCUT2D eigenvalue weighted by molar-refractivity contribution is -0.167. The first-order valence-corrected chi connectivity index (χ1v) is 8.89. The molecule has 0 N–H and O–H groups in total. The summed E-state index contributed by atoms with van der Waals surface area (Å²) in [5.74, 6) is -0.417. The molecule has 1 aromatic rings. The first-order chi connectivity index (χ1) is 10.2. The van der Waals surface area contributed by atoms with Crippen LogP contribution in [0.2, 0.25) is 0 Å². The molecule has 0 heterocycles. The monoisotopic (exact) mass is 326 g/mol. The Morgan fingerprint density at radius 3 is 2.27 bits per heavy atom. The Kier molecular flexibility index (Phi) is 4.92. The Labute approximate surface area is 131 Å². The summed E-state index contributed by atoms with van der Waals surface area (Å²) in [5.41, 5.74) is 0.142. The van der Waals surface area contributed by atoms with Crippen LogP contribution in [0.3, 0.4) is 0 Å². The lowest BCUT2D eigenvalue weighted by Gasteiger charge is -2.35. The standard InChI is InChI=1S/C16H22O5S/c1-16(2,3)15(17)20-13-9-14(10-13)21-22(18,19)11-12-7-5-4-6-8-12/h4-8,13-14H,9-11H2,1-3H3. The lowest BCUT2D eigenvalue weighted by Crippen LogP contribution is -2.42. The fourth-order valence-corrected chi connectivity index (χ4v) is 3.28. The van der Waals surface area contributed by atoms with Crippen molar-refractivity contribution < 1.29 is 22.1 Å². The van der Waals surface area contributed by atoms with E-state index in [4.69, 9.17) is 8.92 Å². The summed E-state index contributed by atoms with van der Waals surface area (Å²) < 4.78 is 34.4. The molecule has 0 aromatic heterocycles. The summed E-state index contributed by atoms with van der Waals surface area (Å²) in [5, 5.41) is 0. The first-order valence-electron chi connectivity index (χ1n) is 7.32. The summed E-state index contributed by atoms with van der Waals surface area (Å²) >= 11 is 0. The van der Waals surface area contributed by atoms with Crippen LogP contribution in [0.15, 0.2) is 30.3 Å². The molecule has 0 amide bonds. The van der Waals surface area contributed by atoms with Gasteiger partial charge in [0.25, 0.3) is 10.1 Å². The zero-order valence-corrected chi connectivity index (χ0v) is 13.9. The molecule has 22 heavy (non-hydrogen) atoms. The van der Waals surface area contributed by atoms with E-state index >= 15 is 0 Å². The minimum atomic E-state index is -3.62. The molecule has 1 fully saturated rings. The van der Waals surface area contributed by atoms with Crippen molar-refractivity contribution >= 4 is 16.1 Å². The van der Waals surface area contributed by atoms with Crippen LogP contribution in [-0.4, -0.2) is 26.6 Å². The van der Waals surface area contributed by atoms with Crippen LogP contribution in [0, 0.1) is 5.41 Å². The number of hydrogen-bond acceptors (Lipinski definition) is 5. The van der Waals surface area contributed by atoms with Crippen LogP contribution in [0.4, 0.5) is 0 Å². The Morgan fingerprint density at radius 1 is 1.14 bits per heavy atom. The minimum absolute atomic E-state index is 0.142. The quantitative estimate of drug-likeness (QED) is 0.614. The highest BCUT2D eigenvalue weighted by Gasteiger charge is 2.38. The third-order valence-electron chi connectivity index (χ3n) is 3.41. The third-order valence-corrected chi connectivity index (χ3v) is 4.66. The maximum Gasteiger partial charge on any atom is 0.311 e. The van der Waals surface area contributed by atoms with Crippen molar-refractivity contribution in [1.29, 1.82) is 0 Å². The van der Waals surface area contributed by atoms with E-state index in [1.807, 2.05) is 6.07 Å². The largest absolute Gasteiger partial charge is 0.462 e.